The van der Waals surface area contributed by atoms with E-state index in [2.05, 4.69) is 4.99 Å². The number of nitrogens with zero attached hydrogens (tertiary/aromatic N) is 3. The molecule has 23 heavy (non-hydrogen) atoms. The van der Waals surface area contributed by atoms with Crippen molar-refractivity contribution in [2.24, 2.45) is 4.99 Å². The molecule has 0 spiro atoms. The van der Waals surface area contributed by atoms with Gasteiger partial charge in [0.15, 0.2) is 0 Å². The number of benzene rings is 1. The Bertz CT molecular complexity index is 871. The summed E-state index contributed by atoms with van der Waals surface area (Å²) in [6.07, 6.45) is 1.50. The summed E-state index contributed by atoms with van der Waals surface area (Å²) in [6, 6.07) is 9.28. The summed E-state index contributed by atoms with van der Waals surface area (Å²) in [7, 11) is 0. The molecule has 0 saturated carbocycles. The predicted octanol–water partition coefficient (Wildman–Crippen LogP) is 3.37. The number of hydrogen-bond acceptors (Lipinski definition) is 4. The average molecular weight is 309 g/mol. The molecule has 0 fully saturated rings. The zero-order chi connectivity index (χ0) is 17.1. The Balaban J connectivity index is 2.65. The topological polar surface area (TPSA) is 78.4 Å². The lowest BCUT2D eigenvalue weighted by Gasteiger charge is -2.16. The van der Waals surface area contributed by atoms with Crippen molar-refractivity contribution in [1.29, 1.82) is 5.26 Å². The fourth-order valence-electron chi connectivity index (χ4n) is 2.42. The van der Waals surface area contributed by atoms with Gasteiger partial charge in [-0.1, -0.05) is 12.1 Å². The zero-order valence-corrected chi connectivity index (χ0v) is 13.7. The Hall–Kier alpha value is -2.87. The number of aromatic nitrogens is 1. The van der Waals surface area contributed by atoms with Crippen LogP contribution in [0.15, 0.2) is 34.1 Å². The van der Waals surface area contributed by atoms with E-state index in [4.69, 9.17) is 0 Å². The fourth-order valence-corrected chi connectivity index (χ4v) is 2.42. The van der Waals surface area contributed by atoms with Gasteiger partial charge in [0.1, 0.15) is 11.6 Å². The molecule has 0 aliphatic carbocycles. The number of rotatable bonds is 3. The summed E-state index contributed by atoms with van der Waals surface area (Å²) in [5.74, 6) is -0.169. The van der Waals surface area contributed by atoms with E-state index in [-0.39, 0.29) is 17.5 Å². The van der Waals surface area contributed by atoms with E-state index in [0.717, 1.165) is 11.3 Å². The quantitative estimate of drug-likeness (QED) is 0.883. The lowest BCUT2D eigenvalue weighted by molar-refractivity contribution is 0.386. The second-order valence-electron chi connectivity index (χ2n) is 5.72. The van der Waals surface area contributed by atoms with Gasteiger partial charge in [0.25, 0.3) is 5.56 Å². The van der Waals surface area contributed by atoms with Crippen molar-refractivity contribution in [1.82, 2.24) is 4.57 Å². The summed E-state index contributed by atoms with van der Waals surface area (Å²) in [5.41, 5.74) is 2.18. The average Bonchev–Trinajstić information content (AvgIpc) is 2.47. The first-order valence-electron chi connectivity index (χ1n) is 7.35. The lowest BCUT2D eigenvalue weighted by atomic mass is 10.1. The highest BCUT2D eigenvalue weighted by molar-refractivity contribution is 5.87. The second-order valence-corrected chi connectivity index (χ2v) is 5.72. The van der Waals surface area contributed by atoms with E-state index in [1.54, 1.807) is 20.8 Å². The summed E-state index contributed by atoms with van der Waals surface area (Å²) >= 11 is 0. The molecule has 0 radical (unpaired) electrons. The second kappa shape index (κ2) is 6.49. The van der Waals surface area contributed by atoms with Crippen LogP contribution in [0.25, 0.3) is 0 Å². The molecule has 0 aliphatic rings. The molecule has 118 valence electrons. The van der Waals surface area contributed by atoms with Gasteiger partial charge in [0.05, 0.1) is 11.3 Å². The smallest absolute Gasteiger partial charge is 0.271 e. The lowest BCUT2D eigenvalue weighted by Crippen LogP contribution is -2.26. The van der Waals surface area contributed by atoms with Gasteiger partial charge in [0, 0.05) is 12.3 Å². The number of aryl methyl sites for hydroxylation is 1. The monoisotopic (exact) mass is 309 g/mol. The van der Waals surface area contributed by atoms with Crippen LogP contribution in [0, 0.1) is 25.2 Å². The first-order valence-corrected chi connectivity index (χ1v) is 7.35. The number of hydrogen-bond donors (Lipinski definition) is 1. The number of aliphatic imine (C=N–C) groups is 1. The first kappa shape index (κ1) is 16.5. The van der Waals surface area contributed by atoms with Crippen LogP contribution < -0.4 is 5.56 Å². The molecule has 1 N–H and O–H groups in total. The molecule has 5 heteroatoms. The molecule has 0 bridgehead atoms. The Morgan fingerprint density at radius 2 is 2.04 bits per heavy atom. The van der Waals surface area contributed by atoms with Crippen LogP contribution >= 0.6 is 0 Å². The van der Waals surface area contributed by atoms with Crippen LogP contribution in [0.1, 0.15) is 42.1 Å². The Kier molecular flexibility index (Phi) is 4.65. The van der Waals surface area contributed by atoms with Crippen molar-refractivity contribution in [2.75, 3.05) is 0 Å². The normalized spacial score (nSPS) is 11.1. The first-order chi connectivity index (χ1) is 10.9. The molecule has 2 rings (SSSR count). The predicted molar refractivity (Wildman–Crippen MR) is 90.6 cm³/mol. The highest BCUT2D eigenvalue weighted by Crippen LogP contribution is 2.24. The molecule has 1 aromatic heterocycles. The Morgan fingerprint density at radius 1 is 1.35 bits per heavy atom. The molecular weight excluding hydrogens is 290 g/mol. The minimum absolute atomic E-state index is 0.0298. The van der Waals surface area contributed by atoms with Gasteiger partial charge in [-0.05, 0) is 51.0 Å². The maximum absolute atomic E-state index is 12.3. The highest BCUT2D eigenvalue weighted by Gasteiger charge is 2.19. The van der Waals surface area contributed by atoms with Gasteiger partial charge in [-0.3, -0.25) is 14.4 Å². The molecule has 0 atom stereocenters. The van der Waals surface area contributed by atoms with Crippen LogP contribution in [0.5, 0.6) is 5.88 Å². The van der Waals surface area contributed by atoms with Crippen LogP contribution in [-0.4, -0.2) is 15.9 Å². The third-order valence-corrected chi connectivity index (χ3v) is 3.65. The largest absolute Gasteiger partial charge is 0.494 e. The van der Waals surface area contributed by atoms with E-state index < -0.39 is 5.56 Å². The summed E-state index contributed by atoms with van der Waals surface area (Å²) in [6.45, 7) is 7.16. The van der Waals surface area contributed by atoms with E-state index in [1.807, 2.05) is 37.3 Å². The summed E-state index contributed by atoms with van der Waals surface area (Å²) < 4.78 is 1.21. The highest BCUT2D eigenvalue weighted by atomic mass is 16.3. The van der Waals surface area contributed by atoms with Crippen molar-refractivity contribution in [3.05, 3.63) is 56.9 Å². The molecular formula is C18H19N3O2. The van der Waals surface area contributed by atoms with Crippen LogP contribution in [-0.2, 0) is 0 Å². The molecule has 1 heterocycles. The summed E-state index contributed by atoms with van der Waals surface area (Å²) in [4.78, 5) is 16.6. The van der Waals surface area contributed by atoms with Gasteiger partial charge >= 0.3 is 0 Å². The Morgan fingerprint density at radius 3 is 2.61 bits per heavy atom. The van der Waals surface area contributed by atoms with E-state index in [9.17, 15) is 15.2 Å². The van der Waals surface area contributed by atoms with Crippen molar-refractivity contribution in [3.8, 4) is 11.9 Å². The van der Waals surface area contributed by atoms with Crippen molar-refractivity contribution in [3.63, 3.8) is 0 Å². The SMILES string of the molecule is Cc1cccc(N=Cc2c(C)c(C#N)c(=O)n(C(C)C)c2O)c1. The van der Waals surface area contributed by atoms with Gasteiger partial charge < -0.3 is 5.11 Å². The molecule has 0 amide bonds. The molecule has 0 saturated heterocycles. The van der Waals surface area contributed by atoms with Crippen molar-refractivity contribution < 1.29 is 5.11 Å². The number of pyridine rings is 1. The molecule has 0 unspecified atom stereocenters. The molecule has 1 aromatic carbocycles. The standard InChI is InChI=1S/C18H19N3O2/c1-11(2)21-17(22)15(9-19)13(4)16(18(21)23)10-20-14-7-5-6-12(3)8-14/h5-8,10-11,23H,1-4H3. The van der Waals surface area contributed by atoms with Crippen LogP contribution in [0.2, 0.25) is 0 Å². The maximum Gasteiger partial charge on any atom is 0.271 e. The van der Waals surface area contributed by atoms with E-state index in [1.165, 1.54) is 10.8 Å². The third kappa shape index (κ3) is 3.16. The molecule has 5 nitrogen and oxygen atoms in total. The fraction of sp³-hybridized carbons (Fsp3) is 0.278. The molecule has 0 aliphatic heterocycles. The third-order valence-electron chi connectivity index (χ3n) is 3.65. The number of aromatic hydroxyl groups is 1. The van der Waals surface area contributed by atoms with E-state index >= 15 is 0 Å². The van der Waals surface area contributed by atoms with Crippen LogP contribution in [0.4, 0.5) is 5.69 Å². The Labute approximate surface area is 135 Å². The van der Waals surface area contributed by atoms with Gasteiger partial charge in [-0.15, -0.1) is 0 Å². The van der Waals surface area contributed by atoms with E-state index in [0.29, 0.717) is 11.1 Å². The summed E-state index contributed by atoms with van der Waals surface area (Å²) in [5, 5.41) is 19.7. The maximum atomic E-state index is 12.3. The van der Waals surface area contributed by atoms with Gasteiger partial charge in [-0.2, -0.15) is 5.26 Å². The van der Waals surface area contributed by atoms with Gasteiger partial charge in [-0.25, -0.2) is 0 Å². The minimum atomic E-state index is -0.481. The van der Waals surface area contributed by atoms with Crippen molar-refractivity contribution in [2.45, 2.75) is 33.7 Å². The zero-order valence-electron chi connectivity index (χ0n) is 13.7. The molecule has 2 aromatic rings. The van der Waals surface area contributed by atoms with Crippen LogP contribution in [0.3, 0.4) is 0 Å². The minimum Gasteiger partial charge on any atom is -0.494 e. The number of nitriles is 1. The van der Waals surface area contributed by atoms with Gasteiger partial charge in [0.2, 0.25) is 5.88 Å². The van der Waals surface area contributed by atoms with Crippen molar-refractivity contribution >= 4 is 11.9 Å².